The summed E-state index contributed by atoms with van der Waals surface area (Å²) in [4.78, 5) is 11.2. The second-order valence-electron chi connectivity index (χ2n) is 5.47. The molecule has 1 saturated carbocycles. The minimum atomic E-state index is -0.245. The van der Waals surface area contributed by atoms with Gasteiger partial charge in [-0.25, -0.2) is 0 Å². The highest BCUT2D eigenvalue weighted by Crippen LogP contribution is 2.42. The molecule has 0 amide bonds. The molecule has 3 heteroatoms. The lowest BCUT2D eigenvalue weighted by atomic mass is 9.74. The highest BCUT2D eigenvalue weighted by atomic mass is 16.7. The molecular weight excluding hydrogens is 216 g/mol. The molecule has 0 radical (unpaired) electrons. The maximum atomic E-state index is 11.2. The molecule has 0 N–H and O–H groups in total. The molecule has 3 nitrogen and oxygen atoms in total. The molecule has 0 aromatic heterocycles. The number of hydrogen-bond acceptors (Lipinski definition) is 3. The Morgan fingerprint density at radius 3 is 2.41 bits per heavy atom. The average Bonchev–Trinajstić information content (AvgIpc) is 2.80. The molecule has 1 unspecified atom stereocenters. The third-order valence-electron chi connectivity index (χ3n) is 4.46. The van der Waals surface area contributed by atoms with Crippen molar-refractivity contribution in [3.8, 4) is 0 Å². The number of hydrogen-bond donors (Lipinski definition) is 0. The smallest absolute Gasteiger partial charge is 0.168 e. The molecule has 0 aromatic rings. The van der Waals surface area contributed by atoms with E-state index >= 15 is 0 Å². The van der Waals surface area contributed by atoms with Crippen molar-refractivity contribution < 1.29 is 14.3 Å². The Morgan fingerprint density at radius 2 is 1.82 bits per heavy atom. The lowest BCUT2D eigenvalue weighted by Gasteiger charge is -2.38. The average molecular weight is 236 g/mol. The van der Waals surface area contributed by atoms with Gasteiger partial charge in [-0.05, 0) is 37.2 Å². The monoisotopic (exact) mass is 236 g/mol. The molecule has 0 bridgehead atoms. The number of carbonyl (C=O) groups is 1. The number of allylic oxidation sites excluding steroid dienone is 2. The molecule has 94 valence electrons. The fraction of sp³-hybridized carbons (Fsp3) is 0.786. The summed E-state index contributed by atoms with van der Waals surface area (Å²) in [5, 5.41) is 0. The van der Waals surface area contributed by atoms with Gasteiger partial charge in [-0.15, -0.1) is 0 Å². The fourth-order valence-corrected chi connectivity index (χ4v) is 3.41. The van der Waals surface area contributed by atoms with Crippen LogP contribution in [0.1, 0.15) is 38.5 Å². The first-order valence-electron chi connectivity index (χ1n) is 6.76. The van der Waals surface area contributed by atoms with Crippen LogP contribution in [0, 0.1) is 11.8 Å². The quantitative estimate of drug-likeness (QED) is 0.701. The lowest BCUT2D eigenvalue weighted by Crippen LogP contribution is -2.37. The van der Waals surface area contributed by atoms with E-state index < -0.39 is 0 Å². The minimum absolute atomic E-state index is 0.245. The van der Waals surface area contributed by atoms with E-state index in [1.165, 1.54) is 12.8 Å². The lowest BCUT2D eigenvalue weighted by molar-refractivity contribution is -0.184. The summed E-state index contributed by atoms with van der Waals surface area (Å²) in [6, 6.07) is 0. The van der Waals surface area contributed by atoms with E-state index in [2.05, 4.69) is 6.08 Å². The van der Waals surface area contributed by atoms with Crippen LogP contribution in [0.5, 0.6) is 0 Å². The van der Waals surface area contributed by atoms with Gasteiger partial charge in [0.25, 0.3) is 0 Å². The van der Waals surface area contributed by atoms with Gasteiger partial charge in [0.1, 0.15) is 0 Å². The van der Waals surface area contributed by atoms with Crippen molar-refractivity contribution >= 4 is 5.78 Å². The van der Waals surface area contributed by atoms with Crippen LogP contribution in [0.25, 0.3) is 0 Å². The molecule has 1 spiro atoms. The van der Waals surface area contributed by atoms with Crippen molar-refractivity contribution in [2.45, 2.75) is 44.3 Å². The van der Waals surface area contributed by atoms with Gasteiger partial charge in [-0.3, -0.25) is 4.79 Å². The van der Waals surface area contributed by atoms with Crippen LogP contribution in [-0.4, -0.2) is 24.8 Å². The molecular formula is C14H20O3. The van der Waals surface area contributed by atoms with Gasteiger partial charge < -0.3 is 9.47 Å². The molecule has 1 saturated heterocycles. The Bertz CT molecular complexity index is 318. The number of ether oxygens (including phenoxy) is 2. The molecule has 1 heterocycles. The minimum Gasteiger partial charge on any atom is -0.348 e. The predicted molar refractivity (Wildman–Crippen MR) is 63.5 cm³/mol. The van der Waals surface area contributed by atoms with Crippen molar-refractivity contribution in [3.63, 3.8) is 0 Å². The van der Waals surface area contributed by atoms with Gasteiger partial charge in [0.05, 0.1) is 13.2 Å². The van der Waals surface area contributed by atoms with Crippen molar-refractivity contribution in [2.24, 2.45) is 11.8 Å². The Labute approximate surface area is 102 Å². The molecule has 3 aliphatic rings. The van der Waals surface area contributed by atoms with Crippen molar-refractivity contribution in [1.82, 2.24) is 0 Å². The Morgan fingerprint density at radius 1 is 1.12 bits per heavy atom. The topological polar surface area (TPSA) is 35.5 Å². The summed E-state index contributed by atoms with van der Waals surface area (Å²) in [7, 11) is 0. The van der Waals surface area contributed by atoms with Gasteiger partial charge >= 0.3 is 0 Å². The summed E-state index contributed by atoms with van der Waals surface area (Å²) >= 11 is 0. The molecule has 2 aliphatic carbocycles. The van der Waals surface area contributed by atoms with Gasteiger partial charge in [0.15, 0.2) is 11.6 Å². The normalized spacial score (nSPS) is 33.4. The highest BCUT2D eigenvalue weighted by Gasteiger charge is 2.41. The van der Waals surface area contributed by atoms with Crippen LogP contribution in [0.4, 0.5) is 0 Å². The predicted octanol–water partition coefficient (Wildman–Crippen LogP) is 2.46. The first kappa shape index (κ1) is 11.4. The molecule has 1 aliphatic heterocycles. The summed E-state index contributed by atoms with van der Waals surface area (Å²) in [6.07, 6.45) is 10.1. The van der Waals surface area contributed by atoms with Crippen molar-refractivity contribution in [1.29, 1.82) is 0 Å². The van der Waals surface area contributed by atoms with Crippen LogP contribution >= 0.6 is 0 Å². The van der Waals surface area contributed by atoms with E-state index in [4.69, 9.17) is 9.47 Å². The van der Waals surface area contributed by atoms with Crippen molar-refractivity contribution in [2.75, 3.05) is 13.2 Å². The second kappa shape index (κ2) is 4.54. The highest BCUT2D eigenvalue weighted by molar-refractivity contribution is 5.90. The van der Waals surface area contributed by atoms with E-state index in [0.717, 1.165) is 44.8 Å². The summed E-state index contributed by atoms with van der Waals surface area (Å²) in [5.74, 6) is 1.37. The van der Waals surface area contributed by atoms with E-state index in [9.17, 15) is 4.79 Å². The van der Waals surface area contributed by atoms with E-state index in [0.29, 0.717) is 5.92 Å². The third-order valence-corrected chi connectivity index (χ3v) is 4.46. The van der Waals surface area contributed by atoms with Crippen LogP contribution < -0.4 is 0 Å². The summed E-state index contributed by atoms with van der Waals surface area (Å²) in [6.45, 7) is 1.50. The van der Waals surface area contributed by atoms with Crippen LogP contribution in [0.15, 0.2) is 12.2 Å². The Kier molecular flexibility index (Phi) is 3.05. The molecule has 17 heavy (non-hydrogen) atoms. The van der Waals surface area contributed by atoms with Crippen LogP contribution in [-0.2, 0) is 14.3 Å². The third kappa shape index (κ3) is 2.31. The van der Waals surface area contributed by atoms with E-state index in [-0.39, 0.29) is 11.6 Å². The maximum absolute atomic E-state index is 11.2. The fourth-order valence-electron chi connectivity index (χ4n) is 3.41. The van der Waals surface area contributed by atoms with Gasteiger partial charge in [-0.2, -0.15) is 0 Å². The largest absolute Gasteiger partial charge is 0.348 e. The summed E-state index contributed by atoms with van der Waals surface area (Å²) in [5.41, 5.74) is 0. The Hall–Kier alpha value is -0.670. The summed E-state index contributed by atoms with van der Waals surface area (Å²) < 4.78 is 11.5. The SMILES string of the molecule is O=C1C=CC(C2CCC3(CC2)OCCO3)CC1. The Balaban J connectivity index is 1.58. The second-order valence-corrected chi connectivity index (χ2v) is 5.47. The molecule has 3 rings (SSSR count). The van der Waals surface area contributed by atoms with Gasteiger partial charge in [0, 0.05) is 19.3 Å². The zero-order valence-corrected chi connectivity index (χ0v) is 10.2. The van der Waals surface area contributed by atoms with Crippen LogP contribution in [0.2, 0.25) is 0 Å². The zero-order chi connectivity index (χ0) is 11.7. The van der Waals surface area contributed by atoms with E-state index in [1.54, 1.807) is 6.08 Å². The number of rotatable bonds is 1. The first-order valence-corrected chi connectivity index (χ1v) is 6.76. The maximum Gasteiger partial charge on any atom is 0.168 e. The van der Waals surface area contributed by atoms with E-state index in [1.807, 2.05) is 0 Å². The molecule has 0 aromatic carbocycles. The molecule has 2 fully saturated rings. The molecule has 1 atom stereocenters. The van der Waals surface area contributed by atoms with Crippen molar-refractivity contribution in [3.05, 3.63) is 12.2 Å². The van der Waals surface area contributed by atoms with Gasteiger partial charge in [0.2, 0.25) is 0 Å². The van der Waals surface area contributed by atoms with Gasteiger partial charge in [-0.1, -0.05) is 6.08 Å². The number of ketones is 1. The standard InChI is InChI=1S/C14H20O3/c15-13-3-1-11(2-4-13)12-5-7-14(8-6-12)16-9-10-17-14/h1,3,11-12H,2,4-10H2. The number of carbonyl (C=O) groups excluding carboxylic acids is 1. The first-order chi connectivity index (χ1) is 8.27. The van der Waals surface area contributed by atoms with Crippen LogP contribution in [0.3, 0.4) is 0 Å². The zero-order valence-electron chi connectivity index (χ0n) is 10.2.